The van der Waals surface area contributed by atoms with Crippen LogP contribution in [0, 0.1) is 0 Å². The van der Waals surface area contributed by atoms with Crippen LogP contribution in [-0.4, -0.2) is 38.1 Å². The number of rotatable bonds is 3. The molecule has 2 aromatic carbocycles. The van der Waals surface area contributed by atoms with Gasteiger partial charge in [0.2, 0.25) is 0 Å². The summed E-state index contributed by atoms with van der Waals surface area (Å²) >= 11 is 5.22. The van der Waals surface area contributed by atoms with Crippen molar-refractivity contribution in [2.24, 2.45) is 0 Å². The summed E-state index contributed by atoms with van der Waals surface area (Å²) in [5.74, 6) is 0.833. The predicted octanol–water partition coefficient (Wildman–Crippen LogP) is 3.92. The lowest BCUT2D eigenvalue weighted by atomic mass is 10.2. The smallest absolute Gasteiger partial charge is 0.277 e. The van der Waals surface area contributed by atoms with E-state index in [1.807, 2.05) is 59.5 Å². The highest BCUT2D eigenvalue weighted by molar-refractivity contribution is 9.10. The van der Waals surface area contributed by atoms with Crippen molar-refractivity contribution in [2.75, 3.05) is 12.3 Å². The van der Waals surface area contributed by atoms with Crippen molar-refractivity contribution in [1.29, 1.82) is 0 Å². The molecule has 1 aromatic heterocycles. The van der Waals surface area contributed by atoms with E-state index < -0.39 is 0 Å². The Morgan fingerprint density at radius 2 is 1.88 bits per heavy atom. The number of thioether (sulfide) groups is 1. The SMILES string of the molecule is O=C(c1cnn(-c2ccccc2)n1)N1CCSC1c1ccc(Br)cc1. The number of aromatic nitrogens is 3. The standard InChI is InChI=1S/C18H15BrN4OS/c19-14-8-6-13(7-9-14)18-22(10-11-25-18)17(24)16-12-20-23(21-16)15-4-2-1-3-5-15/h1-9,12,18H,10-11H2. The molecule has 0 bridgehead atoms. The highest BCUT2D eigenvalue weighted by Crippen LogP contribution is 2.38. The lowest BCUT2D eigenvalue weighted by molar-refractivity contribution is 0.0754. The first-order valence-corrected chi connectivity index (χ1v) is 9.72. The quantitative estimate of drug-likeness (QED) is 0.651. The summed E-state index contributed by atoms with van der Waals surface area (Å²) in [4.78, 5) is 16.3. The third kappa shape index (κ3) is 3.34. The van der Waals surface area contributed by atoms with E-state index in [0.29, 0.717) is 12.2 Å². The summed E-state index contributed by atoms with van der Waals surface area (Å²) in [5, 5.41) is 8.61. The minimum atomic E-state index is -0.0832. The zero-order chi connectivity index (χ0) is 17.2. The maximum absolute atomic E-state index is 12.9. The highest BCUT2D eigenvalue weighted by Gasteiger charge is 2.32. The van der Waals surface area contributed by atoms with Gasteiger partial charge in [0.1, 0.15) is 5.37 Å². The number of hydrogen-bond acceptors (Lipinski definition) is 4. The fourth-order valence-corrected chi connectivity index (χ4v) is 4.30. The van der Waals surface area contributed by atoms with Crippen molar-refractivity contribution in [1.82, 2.24) is 19.9 Å². The number of carbonyl (C=O) groups is 1. The molecule has 126 valence electrons. The molecule has 1 saturated heterocycles. The average molecular weight is 415 g/mol. The number of halogens is 1. The van der Waals surface area contributed by atoms with Gasteiger partial charge in [0.05, 0.1) is 11.9 Å². The number of carbonyl (C=O) groups excluding carboxylic acids is 1. The topological polar surface area (TPSA) is 51.0 Å². The number of benzene rings is 2. The van der Waals surface area contributed by atoms with Crippen molar-refractivity contribution >= 4 is 33.6 Å². The molecule has 2 heterocycles. The molecule has 1 fully saturated rings. The van der Waals surface area contributed by atoms with Gasteiger partial charge in [-0.15, -0.1) is 16.9 Å². The summed E-state index contributed by atoms with van der Waals surface area (Å²) in [6, 6.07) is 17.7. The first-order valence-electron chi connectivity index (χ1n) is 7.88. The summed E-state index contributed by atoms with van der Waals surface area (Å²) in [7, 11) is 0. The molecule has 3 aromatic rings. The number of para-hydroxylation sites is 1. The van der Waals surface area contributed by atoms with Gasteiger partial charge in [-0.2, -0.15) is 9.90 Å². The Bertz CT molecular complexity index is 882. The molecule has 4 rings (SSSR count). The molecule has 0 radical (unpaired) electrons. The minimum Gasteiger partial charge on any atom is -0.320 e. The van der Waals surface area contributed by atoms with Crippen LogP contribution in [0.3, 0.4) is 0 Å². The monoisotopic (exact) mass is 414 g/mol. The van der Waals surface area contributed by atoms with Crippen molar-refractivity contribution < 1.29 is 4.79 Å². The van der Waals surface area contributed by atoms with Gasteiger partial charge in [0.25, 0.3) is 5.91 Å². The highest BCUT2D eigenvalue weighted by atomic mass is 79.9. The van der Waals surface area contributed by atoms with E-state index in [9.17, 15) is 4.79 Å². The Hall–Kier alpha value is -2.12. The van der Waals surface area contributed by atoms with Crippen molar-refractivity contribution in [2.45, 2.75) is 5.37 Å². The van der Waals surface area contributed by atoms with E-state index in [1.54, 1.807) is 11.8 Å². The number of hydrogen-bond donors (Lipinski definition) is 0. The molecule has 1 amide bonds. The van der Waals surface area contributed by atoms with Crippen LogP contribution in [0.2, 0.25) is 0 Å². The maximum Gasteiger partial charge on any atom is 0.277 e. The van der Waals surface area contributed by atoms with Crippen LogP contribution < -0.4 is 0 Å². The van der Waals surface area contributed by atoms with Crippen molar-refractivity contribution in [3.63, 3.8) is 0 Å². The average Bonchev–Trinajstić information content (AvgIpc) is 3.32. The van der Waals surface area contributed by atoms with Gasteiger partial charge in [0, 0.05) is 16.8 Å². The molecule has 0 saturated carbocycles. The molecule has 1 atom stereocenters. The van der Waals surface area contributed by atoms with E-state index in [0.717, 1.165) is 21.5 Å². The lowest BCUT2D eigenvalue weighted by Crippen LogP contribution is -2.30. The van der Waals surface area contributed by atoms with E-state index in [4.69, 9.17) is 0 Å². The first-order chi connectivity index (χ1) is 12.2. The van der Waals surface area contributed by atoms with Crippen LogP contribution in [0.15, 0.2) is 65.3 Å². The third-order valence-corrected chi connectivity index (χ3v) is 5.79. The normalized spacial score (nSPS) is 17.0. The Kier molecular flexibility index (Phi) is 4.59. The summed E-state index contributed by atoms with van der Waals surface area (Å²) in [5.41, 5.74) is 2.32. The third-order valence-electron chi connectivity index (χ3n) is 4.01. The van der Waals surface area contributed by atoms with Gasteiger partial charge in [-0.05, 0) is 29.8 Å². The van der Waals surface area contributed by atoms with E-state index in [1.165, 1.54) is 11.0 Å². The van der Waals surface area contributed by atoms with Crippen LogP contribution >= 0.6 is 27.7 Å². The molecule has 1 aliphatic heterocycles. The molecular formula is C18H15BrN4OS. The van der Waals surface area contributed by atoms with Gasteiger partial charge in [-0.1, -0.05) is 46.3 Å². The van der Waals surface area contributed by atoms with Crippen LogP contribution in [0.1, 0.15) is 21.4 Å². The minimum absolute atomic E-state index is 0.0162. The second-order valence-corrected chi connectivity index (χ2v) is 7.73. The van der Waals surface area contributed by atoms with Crippen molar-refractivity contribution in [3.05, 3.63) is 76.5 Å². The molecule has 0 N–H and O–H groups in total. The number of nitrogens with zero attached hydrogens (tertiary/aromatic N) is 4. The van der Waals surface area contributed by atoms with Gasteiger partial charge in [-0.3, -0.25) is 4.79 Å². The van der Waals surface area contributed by atoms with Crippen LogP contribution in [0.25, 0.3) is 5.69 Å². The summed E-state index contributed by atoms with van der Waals surface area (Å²) in [6.45, 7) is 0.711. The first kappa shape index (κ1) is 16.4. The zero-order valence-corrected chi connectivity index (χ0v) is 15.7. The molecule has 0 spiro atoms. The van der Waals surface area contributed by atoms with E-state index >= 15 is 0 Å². The Morgan fingerprint density at radius 1 is 1.12 bits per heavy atom. The second-order valence-electron chi connectivity index (χ2n) is 5.63. The molecular weight excluding hydrogens is 400 g/mol. The largest absolute Gasteiger partial charge is 0.320 e. The van der Waals surface area contributed by atoms with Gasteiger partial charge in [0.15, 0.2) is 5.69 Å². The summed E-state index contributed by atoms with van der Waals surface area (Å²) in [6.07, 6.45) is 1.54. The molecule has 7 heteroatoms. The van der Waals surface area contributed by atoms with Gasteiger partial charge >= 0.3 is 0 Å². The van der Waals surface area contributed by atoms with Crippen LogP contribution in [-0.2, 0) is 0 Å². The van der Waals surface area contributed by atoms with Crippen molar-refractivity contribution in [3.8, 4) is 5.69 Å². The molecule has 1 aliphatic rings. The van der Waals surface area contributed by atoms with Crippen LogP contribution in [0.5, 0.6) is 0 Å². The fourth-order valence-electron chi connectivity index (χ4n) is 2.78. The molecule has 0 aliphatic carbocycles. The predicted molar refractivity (Wildman–Crippen MR) is 102 cm³/mol. The van der Waals surface area contributed by atoms with E-state index in [2.05, 4.69) is 26.1 Å². The molecule has 1 unspecified atom stereocenters. The van der Waals surface area contributed by atoms with Gasteiger partial charge < -0.3 is 4.90 Å². The second kappa shape index (κ2) is 7.01. The van der Waals surface area contributed by atoms with Gasteiger partial charge in [-0.25, -0.2) is 0 Å². The maximum atomic E-state index is 12.9. The summed E-state index contributed by atoms with van der Waals surface area (Å²) < 4.78 is 1.03. The fraction of sp³-hybridized carbons (Fsp3) is 0.167. The molecule has 25 heavy (non-hydrogen) atoms. The Labute approximate surface area is 158 Å². The Morgan fingerprint density at radius 3 is 2.64 bits per heavy atom. The molecule has 5 nitrogen and oxygen atoms in total. The van der Waals surface area contributed by atoms with Crippen LogP contribution in [0.4, 0.5) is 0 Å². The van der Waals surface area contributed by atoms with E-state index in [-0.39, 0.29) is 11.3 Å². The zero-order valence-electron chi connectivity index (χ0n) is 13.2. The Balaban J connectivity index is 1.58. The lowest BCUT2D eigenvalue weighted by Gasteiger charge is -2.23. The number of amides is 1.